The van der Waals surface area contributed by atoms with Crippen molar-refractivity contribution < 1.29 is 19.4 Å². The number of benzene rings is 2. The van der Waals surface area contributed by atoms with Gasteiger partial charge in [-0.05, 0) is 74.6 Å². The van der Waals surface area contributed by atoms with Crippen molar-refractivity contribution in [3.05, 3.63) is 86.2 Å². The molecular formula is C27H28N2O5. The Hall–Kier alpha value is -4.05. The Morgan fingerprint density at radius 2 is 1.79 bits per heavy atom. The molecule has 1 aromatic heterocycles. The molecule has 1 unspecified atom stereocenters. The van der Waals surface area contributed by atoms with Crippen LogP contribution in [-0.2, 0) is 13.0 Å². The van der Waals surface area contributed by atoms with Crippen LogP contribution >= 0.6 is 0 Å². The highest BCUT2D eigenvalue weighted by Gasteiger charge is 2.28. The van der Waals surface area contributed by atoms with Gasteiger partial charge in [0.2, 0.25) is 11.7 Å². The van der Waals surface area contributed by atoms with E-state index in [1.54, 1.807) is 32.2 Å². The maximum atomic E-state index is 13.3. The van der Waals surface area contributed by atoms with E-state index in [-0.39, 0.29) is 23.2 Å². The van der Waals surface area contributed by atoms with Gasteiger partial charge in [0.05, 0.1) is 12.7 Å². The Balaban J connectivity index is 1.96. The second-order valence-electron chi connectivity index (χ2n) is 8.19. The molecule has 0 radical (unpaired) electrons. The zero-order chi connectivity index (χ0) is 25.0. The van der Waals surface area contributed by atoms with Crippen molar-refractivity contribution in [2.45, 2.75) is 46.8 Å². The molecule has 0 aliphatic rings. The van der Waals surface area contributed by atoms with Gasteiger partial charge in [-0.3, -0.25) is 14.2 Å². The molecule has 1 N–H and O–H groups in total. The molecule has 1 heterocycles. The number of aryl methyl sites for hydroxylation is 2. The molecule has 2 aromatic carbocycles. The molecule has 3 aromatic rings. The molecule has 0 fully saturated rings. The van der Waals surface area contributed by atoms with Gasteiger partial charge in [0, 0.05) is 6.54 Å². The summed E-state index contributed by atoms with van der Waals surface area (Å²) in [5.74, 6) is 0.296. The number of carbonyl (C=O) groups excluding carboxylic acids is 1. The average molecular weight is 461 g/mol. The molecule has 0 saturated carbocycles. The van der Waals surface area contributed by atoms with Crippen LogP contribution in [0.15, 0.2) is 47.3 Å². The van der Waals surface area contributed by atoms with Crippen LogP contribution in [0, 0.1) is 32.1 Å². The lowest BCUT2D eigenvalue weighted by Gasteiger charge is -2.20. The van der Waals surface area contributed by atoms with Gasteiger partial charge < -0.3 is 14.6 Å². The summed E-state index contributed by atoms with van der Waals surface area (Å²) in [6, 6.07) is 14.8. The van der Waals surface area contributed by atoms with Gasteiger partial charge in [0.25, 0.3) is 5.56 Å². The number of Topliss-reactive ketones (excluding diaryl/α,β-unsaturated/α-hetero) is 1. The average Bonchev–Trinajstić information content (AvgIpc) is 2.82. The maximum absolute atomic E-state index is 13.3. The van der Waals surface area contributed by atoms with Gasteiger partial charge in [-0.15, -0.1) is 0 Å². The quantitative estimate of drug-likeness (QED) is 0.504. The number of nitriles is 1. The molecule has 0 aliphatic heterocycles. The molecule has 34 heavy (non-hydrogen) atoms. The van der Waals surface area contributed by atoms with Crippen LogP contribution in [0.3, 0.4) is 0 Å². The lowest BCUT2D eigenvalue weighted by molar-refractivity contribution is 0.0811. The van der Waals surface area contributed by atoms with Crippen molar-refractivity contribution in [2.75, 3.05) is 7.11 Å². The number of ether oxygens (including phenoxy) is 2. The maximum Gasteiger partial charge on any atom is 0.271 e. The molecule has 0 saturated heterocycles. The number of aromatic nitrogens is 1. The first-order valence-corrected chi connectivity index (χ1v) is 11.0. The van der Waals surface area contributed by atoms with E-state index in [0.29, 0.717) is 17.9 Å². The smallest absolute Gasteiger partial charge is 0.271 e. The lowest BCUT2D eigenvalue weighted by atomic mass is 9.99. The van der Waals surface area contributed by atoms with Crippen LogP contribution in [0.5, 0.6) is 17.4 Å². The Labute approximate surface area is 198 Å². The van der Waals surface area contributed by atoms with Gasteiger partial charge in [0.1, 0.15) is 23.1 Å². The number of nitrogens with zero attached hydrogens (tertiary/aromatic N) is 2. The van der Waals surface area contributed by atoms with Gasteiger partial charge in [0.15, 0.2) is 6.10 Å². The summed E-state index contributed by atoms with van der Waals surface area (Å²) >= 11 is 0. The van der Waals surface area contributed by atoms with Gasteiger partial charge in [-0.25, -0.2) is 0 Å². The van der Waals surface area contributed by atoms with Crippen LogP contribution in [-0.4, -0.2) is 28.7 Å². The number of hydrogen-bond donors (Lipinski definition) is 1. The highest BCUT2D eigenvalue weighted by atomic mass is 16.5. The van der Waals surface area contributed by atoms with Gasteiger partial charge in [-0.2, -0.15) is 5.26 Å². The largest absolute Gasteiger partial charge is 0.497 e. The second kappa shape index (κ2) is 10.3. The number of hydrogen-bond acceptors (Lipinski definition) is 6. The molecular weight excluding hydrogens is 432 g/mol. The number of methoxy groups -OCH3 is 1. The zero-order valence-corrected chi connectivity index (χ0v) is 20.0. The molecule has 7 heteroatoms. The van der Waals surface area contributed by atoms with Crippen molar-refractivity contribution in [3.8, 4) is 23.4 Å². The number of rotatable bonds is 8. The fourth-order valence-corrected chi connectivity index (χ4v) is 3.79. The SMILES string of the molecule is COc1ccc(CCn2c(O)c(C(=O)C(C)Oc3cccc(C)c3C)c(C)c(C#N)c2=O)cc1. The molecule has 0 amide bonds. The summed E-state index contributed by atoms with van der Waals surface area (Å²) in [6.07, 6.45) is -0.530. The second-order valence-corrected chi connectivity index (χ2v) is 8.19. The highest BCUT2D eigenvalue weighted by Crippen LogP contribution is 2.27. The lowest BCUT2D eigenvalue weighted by Crippen LogP contribution is -2.31. The number of aromatic hydroxyl groups is 1. The van der Waals surface area contributed by atoms with Crippen LogP contribution in [0.1, 0.15) is 45.1 Å². The number of ketones is 1. The van der Waals surface area contributed by atoms with Crippen LogP contribution < -0.4 is 15.0 Å². The normalized spacial score (nSPS) is 11.5. The summed E-state index contributed by atoms with van der Waals surface area (Å²) in [4.78, 5) is 26.2. The monoisotopic (exact) mass is 460 g/mol. The fraction of sp³-hybridized carbons (Fsp3) is 0.296. The standard InChI is InChI=1S/C27H28N2O5/c1-16-7-6-8-23(17(16)2)34-19(4)25(30)24-18(3)22(15-28)26(31)29(27(24)32)14-13-20-9-11-21(33-5)12-10-20/h6-12,19,32H,13-14H2,1-5H3. The van der Waals surface area contributed by atoms with Gasteiger partial charge >= 0.3 is 0 Å². The van der Waals surface area contributed by atoms with E-state index >= 15 is 0 Å². The van der Waals surface area contributed by atoms with E-state index in [4.69, 9.17) is 9.47 Å². The van der Waals surface area contributed by atoms with Crippen LogP contribution in [0.4, 0.5) is 0 Å². The topological polar surface area (TPSA) is 102 Å². The third-order valence-electron chi connectivity index (χ3n) is 6.06. The summed E-state index contributed by atoms with van der Waals surface area (Å²) in [6.45, 7) is 7.02. The third kappa shape index (κ3) is 4.81. The van der Waals surface area contributed by atoms with Crippen molar-refractivity contribution in [1.82, 2.24) is 4.57 Å². The van der Waals surface area contributed by atoms with E-state index < -0.39 is 23.3 Å². The first kappa shape index (κ1) is 24.6. The Morgan fingerprint density at radius 1 is 1.12 bits per heavy atom. The van der Waals surface area contributed by atoms with Crippen molar-refractivity contribution >= 4 is 5.78 Å². The van der Waals surface area contributed by atoms with E-state index in [9.17, 15) is 20.0 Å². The molecule has 0 aliphatic carbocycles. The Kier molecular flexibility index (Phi) is 7.42. The number of pyridine rings is 1. The summed E-state index contributed by atoms with van der Waals surface area (Å²) < 4.78 is 12.1. The van der Waals surface area contributed by atoms with Gasteiger partial charge in [-0.1, -0.05) is 24.3 Å². The summed E-state index contributed by atoms with van der Waals surface area (Å²) in [5, 5.41) is 20.6. The molecule has 1 atom stereocenters. The van der Waals surface area contributed by atoms with Crippen molar-refractivity contribution in [3.63, 3.8) is 0 Å². The summed E-state index contributed by atoms with van der Waals surface area (Å²) in [7, 11) is 1.58. The minimum absolute atomic E-state index is 0.0799. The minimum Gasteiger partial charge on any atom is -0.497 e. The Morgan fingerprint density at radius 3 is 2.41 bits per heavy atom. The number of carbonyl (C=O) groups is 1. The van der Waals surface area contributed by atoms with Crippen LogP contribution in [0.2, 0.25) is 0 Å². The van der Waals surface area contributed by atoms with Crippen LogP contribution in [0.25, 0.3) is 0 Å². The van der Waals surface area contributed by atoms with E-state index in [2.05, 4.69) is 0 Å². The summed E-state index contributed by atoms with van der Waals surface area (Å²) in [5.41, 5.74) is 2.10. The molecule has 0 bridgehead atoms. The molecule has 3 rings (SSSR count). The van der Waals surface area contributed by atoms with Crippen molar-refractivity contribution in [2.24, 2.45) is 0 Å². The zero-order valence-electron chi connectivity index (χ0n) is 20.0. The minimum atomic E-state index is -0.941. The molecule has 176 valence electrons. The first-order valence-electron chi connectivity index (χ1n) is 11.0. The molecule has 0 spiro atoms. The predicted molar refractivity (Wildman–Crippen MR) is 129 cm³/mol. The van der Waals surface area contributed by atoms with E-state index in [0.717, 1.165) is 21.3 Å². The third-order valence-corrected chi connectivity index (χ3v) is 6.06. The molecule has 7 nitrogen and oxygen atoms in total. The Bertz CT molecular complexity index is 1320. The van der Waals surface area contributed by atoms with E-state index in [1.807, 2.05) is 44.2 Å². The van der Waals surface area contributed by atoms with Crippen molar-refractivity contribution in [1.29, 1.82) is 5.26 Å². The van der Waals surface area contributed by atoms with E-state index in [1.165, 1.54) is 6.92 Å². The predicted octanol–water partition coefficient (Wildman–Crippen LogP) is 4.25. The fourth-order valence-electron chi connectivity index (χ4n) is 3.79. The highest BCUT2D eigenvalue weighted by molar-refractivity contribution is 6.03. The first-order chi connectivity index (χ1) is 16.2.